The van der Waals surface area contributed by atoms with Crippen LogP contribution < -0.4 is 14.8 Å². The third-order valence-electron chi connectivity index (χ3n) is 7.94. The molecule has 3 N–H and O–H groups in total. The highest BCUT2D eigenvalue weighted by molar-refractivity contribution is 6.05. The number of aliphatic hydroxyl groups excluding tert-OH is 1. The minimum atomic E-state index is -0.367. The maximum absolute atomic E-state index is 12.9. The molecule has 6 heteroatoms. The molecule has 3 aromatic carbocycles. The fourth-order valence-corrected chi connectivity index (χ4v) is 4.48. The summed E-state index contributed by atoms with van der Waals surface area (Å²) in [6, 6.07) is 15.3. The van der Waals surface area contributed by atoms with Crippen LogP contribution in [0.15, 0.2) is 48.5 Å². The first-order chi connectivity index (χ1) is 18.6. The van der Waals surface area contributed by atoms with Crippen LogP contribution in [0.25, 0.3) is 10.8 Å². The maximum atomic E-state index is 12.9. The highest BCUT2D eigenvalue weighted by atomic mass is 16.5. The van der Waals surface area contributed by atoms with Crippen molar-refractivity contribution in [1.29, 1.82) is 0 Å². The minimum Gasteiger partial charge on any atom is -0.506 e. The van der Waals surface area contributed by atoms with Crippen LogP contribution in [0.3, 0.4) is 0 Å². The van der Waals surface area contributed by atoms with E-state index >= 15 is 0 Å². The second-order valence-electron chi connectivity index (χ2n) is 11.4. The molecule has 0 radical (unpaired) electrons. The SMILES string of the molecule is CCC(C)(C)c1ccc(OCCCCNC(=O)c2cc(OCCO)c3ccccc3c2O)c(C(C)(C)CC)c1. The van der Waals surface area contributed by atoms with Gasteiger partial charge in [0.25, 0.3) is 5.91 Å². The van der Waals surface area contributed by atoms with Gasteiger partial charge >= 0.3 is 0 Å². The smallest absolute Gasteiger partial charge is 0.255 e. The Balaban J connectivity index is 1.60. The van der Waals surface area contributed by atoms with Crippen LogP contribution in [0, 0.1) is 0 Å². The number of unbranched alkanes of at least 4 members (excludes halogenated alkanes) is 1. The van der Waals surface area contributed by atoms with Crippen molar-refractivity contribution in [3.63, 3.8) is 0 Å². The number of amides is 1. The Hall–Kier alpha value is -3.25. The average molecular weight is 536 g/mol. The number of phenols is 1. The highest BCUT2D eigenvalue weighted by Gasteiger charge is 2.26. The van der Waals surface area contributed by atoms with E-state index in [1.165, 1.54) is 17.2 Å². The minimum absolute atomic E-state index is 0.00470. The number of ether oxygens (including phenoxy) is 2. The summed E-state index contributed by atoms with van der Waals surface area (Å²) >= 11 is 0. The Labute approximate surface area is 233 Å². The van der Waals surface area contributed by atoms with Gasteiger partial charge in [-0.15, -0.1) is 0 Å². The summed E-state index contributed by atoms with van der Waals surface area (Å²) in [6.45, 7) is 14.5. The molecule has 39 heavy (non-hydrogen) atoms. The van der Waals surface area contributed by atoms with Crippen LogP contribution >= 0.6 is 0 Å². The molecular weight excluding hydrogens is 490 g/mol. The van der Waals surface area contributed by atoms with E-state index in [9.17, 15) is 9.90 Å². The molecular formula is C33H45NO5. The zero-order valence-electron chi connectivity index (χ0n) is 24.4. The Kier molecular flexibility index (Phi) is 10.3. The molecule has 0 aliphatic carbocycles. The number of fused-ring (bicyclic) bond motifs is 1. The molecule has 0 spiro atoms. The van der Waals surface area contributed by atoms with Crippen molar-refractivity contribution in [1.82, 2.24) is 5.32 Å². The molecule has 0 heterocycles. The van der Waals surface area contributed by atoms with Crippen molar-refractivity contribution in [2.75, 3.05) is 26.4 Å². The molecule has 1 amide bonds. The van der Waals surface area contributed by atoms with E-state index in [0.717, 1.165) is 31.4 Å². The van der Waals surface area contributed by atoms with Gasteiger partial charge in [0, 0.05) is 22.9 Å². The Bertz CT molecular complexity index is 1260. The molecule has 212 valence electrons. The Morgan fingerprint density at radius 3 is 2.18 bits per heavy atom. The van der Waals surface area contributed by atoms with Crippen molar-refractivity contribution >= 4 is 16.7 Å². The zero-order chi connectivity index (χ0) is 28.6. The van der Waals surface area contributed by atoms with E-state index in [4.69, 9.17) is 14.6 Å². The van der Waals surface area contributed by atoms with Crippen molar-refractivity contribution in [3.8, 4) is 17.2 Å². The van der Waals surface area contributed by atoms with E-state index in [-0.39, 0.29) is 41.3 Å². The molecule has 0 saturated heterocycles. The van der Waals surface area contributed by atoms with Gasteiger partial charge < -0.3 is 25.0 Å². The predicted molar refractivity (Wildman–Crippen MR) is 158 cm³/mol. The molecule has 0 aliphatic rings. The topological polar surface area (TPSA) is 88.0 Å². The van der Waals surface area contributed by atoms with Gasteiger partial charge in [-0.3, -0.25) is 4.79 Å². The monoisotopic (exact) mass is 535 g/mol. The molecule has 0 aromatic heterocycles. The first-order valence-electron chi connectivity index (χ1n) is 14.1. The van der Waals surface area contributed by atoms with Crippen molar-refractivity contribution in [2.45, 2.75) is 78.1 Å². The standard InChI is InChI=1S/C33H45NO5/c1-7-32(3,4)23-15-16-28(27(21-23)33(5,6)8-2)38-19-12-11-17-34-31(37)26-22-29(39-20-18-35)24-13-9-10-14-25(24)30(26)36/h9-10,13-16,21-22,35-36H,7-8,11-12,17-20H2,1-6H3,(H,34,37). The molecule has 6 nitrogen and oxygen atoms in total. The molecule has 0 unspecified atom stereocenters. The van der Waals surface area contributed by atoms with Crippen LogP contribution in [-0.4, -0.2) is 42.5 Å². The lowest BCUT2D eigenvalue weighted by Crippen LogP contribution is -2.25. The summed E-state index contributed by atoms with van der Waals surface area (Å²) in [5.74, 6) is 0.936. The second kappa shape index (κ2) is 13.2. The zero-order valence-corrected chi connectivity index (χ0v) is 24.4. The van der Waals surface area contributed by atoms with Gasteiger partial charge in [-0.25, -0.2) is 0 Å². The van der Waals surface area contributed by atoms with E-state index in [2.05, 4.69) is 65.1 Å². The number of aromatic hydroxyl groups is 1. The first-order valence-corrected chi connectivity index (χ1v) is 14.1. The first kappa shape index (κ1) is 30.3. The van der Waals surface area contributed by atoms with Gasteiger partial charge in [0.15, 0.2) is 0 Å². The number of benzene rings is 3. The lowest BCUT2D eigenvalue weighted by molar-refractivity contribution is 0.0949. The third kappa shape index (κ3) is 7.24. The van der Waals surface area contributed by atoms with E-state index in [1.54, 1.807) is 12.1 Å². The summed E-state index contributed by atoms with van der Waals surface area (Å²) in [6.07, 6.45) is 3.60. The van der Waals surface area contributed by atoms with Gasteiger partial charge in [-0.05, 0) is 54.2 Å². The summed E-state index contributed by atoms with van der Waals surface area (Å²) in [5, 5.41) is 24.0. The van der Waals surface area contributed by atoms with Crippen molar-refractivity contribution < 1.29 is 24.5 Å². The predicted octanol–water partition coefficient (Wildman–Crippen LogP) is 6.88. The Morgan fingerprint density at radius 1 is 0.846 bits per heavy atom. The summed E-state index contributed by atoms with van der Waals surface area (Å²) in [5.41, 5.74) is 2.84. The lowest BCUT2D eigenvalue weighted by Gasteiger charge is -2.30. The normalized spacial score (nSPS) is 12.0. The average Bonchev–Trinajstić information content (AvgIpc) is 2.94. The van der Waals surface area contributed by atoms with Gasteiger partial charge in [0.1, 0.15) is 23.9 Å². The van der Waals surface area contributed by atoms with Gasteiger partial charge in [-0.1, -0.05) is 77.9 Å². The van der Waals surface area contributed by atoms with Crippen LogP contribution in [0.1, 0.15) is 88.7 Å². The molecule has 0 saturated carbocycles. The van der Waals surface area contributed by atoms with Crippen LogP contribution in [-0.2, 0) is 10.8 Å². The number of hydrogen-bond acceptors (Lipinski definition) is 5. The van der Waals surface area contributed by atoms with Crippen LogP contribution in [0.2, 0.25) is 0 Å². The quantitative estimate of drug-likeness (QED) is 0.196. The number of carbonyl (C=O) groups is 1. The third-order valence-corrected chi connectivity index (χ3v) is 7.94. The number of phenolic OH excluding ortho intramolecular Hbond substituents is 1. The van der Waals surface area contributed by atoms with Gasteiger partial charge in [0.05, 0.1) is 18.8 Å². The molecule has 0 aliphatic heterocycles. The van der Waals surface area contributed by atoms with E-state index in [0.29, 0.717) is 29.7 Å². The number of aliphatic hydroxyl groups is 1. The molecule has 0 bridgehead atoms. The molecule has 3 rings (SSSR count). The number of nitrogens with one attached hydrogen (secondary N) is 1. The largest absolute Gasteiger partial charge is 0.506 e. The summed E-state index contributed by atoms with van der Waals surface area (Å²) < 4.78 is 11.9. The summed E-state index contributed by atoms with van der Waals surface area (Å²) in [7, 11) is 0. The highest BCUT2D eigenvalue weighted by Crippen LogP contribution is 2.39. The maximum Gasteiger partial charge on any atom is 0.255 e. The number of rotatable bonds is 14. The number of hydrogen-bond donors (Lipinski definition) is 3. The fraction of sp³-hybridized carbons (Fsp3) is 0.485. The molecule has 0 atom stereocenters. The van der Waals surface area contributed by atoms with E-state index in [1.807, 2.05) is 12.1 Å². The molecule has 3 aromatic rings. The van der Waals surface area contributed by atoms with Crippen LogP contribution in [0.4, 0.5) is 0 Å². The fourth-order valence-electron chi connectivity index (χ4n) is 4.48. The van der Waals surface area contributed by atoms with Crippen molar-refractivity contribution in [2.24, 2.45) is 0 Å². The van der Waals surface area contributed by atoms with Gasteiger partial charge in [-0.2, -0.15) is 0 Å². The second-order valence-corrected chi connectivity index (χ2v) is 11.4. The molecule has 0 fully saturated rings. The summed E-state index contributed by atoms with van der Waals surface area (Å²) in [4.78, 5) is 12.9. The van der Waals surface area contributed by atoms with E-state index < -0.39 is 0 Å². The lowest BCUT2D eigenvalue weighted by atomic mass is 9.76. The van der Waals surface area contributed by atoms with Crippen LogP contribution in [0.5, 0.6) is 17.2 Å². The number of carbonyl (C=O) groups excluding carboxylic acids is 1. The van der Waals surface area contributed by atoms with Gasteiger partial charge in [0.2, 0.25) is 0 Å². The van der Waals surface area contributed by atoms with Crippen molar-refractivity contribution in [3.05, 3.63) is 65.2 Å². The Morgan fingerprint density at radius 2 is 1.51 bits per heavy atom.